The highest BCUT2D eigenvalue weighted by Crippen LogP contribution is 2.27. The van der Waals surface area contributed by atoms with Gasteiger partial charge in [-0.05, 0) is 19.4 Å². The molecule has 1 heterocycles. The first kappa shape index (κ1) is 11.5. The van der Waals surface area contributed by atoms with Crippen molar-refractivity contribution in [1.82, 2.24) is 5.32 Å². The van der Waals surface area contributed by atoms with Crippen molar-refractivity contribution >= 4 is 17.5 Å². The van der Waals surface area contributed by atoms with Gasteiger partial charge in [-0.3, -0.25) is 4.79 Å². The standard InChI is InChI=1S/C13H14N2O2/c1-8-11(9(2)16)12(15-13(17)14-8)10-6-4-3-5-7-10/h3-7,11-12H,1-2H3,(H,15,17). The number of carbonyl (C=O) groups is 2. The van der Waals surface area contributed by atoms with Gasteiger partial charge in [0.2, 0.25) is 0 Å². The van der Waals surface area contributed by atoms with Crippen molar-refractivity contribution in [2.45, 2.75) is 19.9 Å². The van der Waals surface area contributed by atoms with Gasteiger partial charge in [0.05, 0.1) is 12.0 Å². The number of amides is 2. The molecule has 2 unspecified atom stereocenters. The molecule has 0 bridgehead atoms. The van der Waals surface area contributed by atoms with E-state index < -0.39 is 0 Å². The Morgan fingerprint density at radius 2 is 1.94 bits per heavy atom. The van der Waals surface area contributed by atoms with Gasteiger partial charge in [0, 0.05) is 5.71 Å². The molecule has 0 fully saturated rings. The van der Waals surface area contributed by atoms with Crippen LogP contribution in [0.5, 0.6) is 0 Å². The van der Waals surface area contributed by atoms with Crippen LogP contribution in [0.1, 0.15) is 25.5 Å². The number of Topliss-reactive ketones (excluding diaryl/α,β-unsaturated/α-hetero) is 1. The zero-order chi connectivity index (χ0) is 12.4. The third-order valence-corrected chi connectivity index (χ3v) is 2.94. The van der Waals surface area contributed by atoms with Crippen molar-refractivity contribution < 1.29 is 9.59 Å². The first-order valence-corrected chi connectivity index (χ1v) is 5.50. The molecule has 0 radical (unpaired) electrons. The molecule has 0 spiro atoms. The van der Waals surface area contributed by atoms with Crippen molar-refractivity contribution in [2.75, 3.05) is 0 Å². The minimum absolute atomic E-state index is 0.0140. The van der Waals surface area contributed by atoms with Crippen molar-refractivity contribution in [2.24, 2.45) is 10.9 Å². The zero-order valence-corrected chi connectivity index (χ0v) is 9.81. The molecule has 4 nitrogen and oxygen atoms in total. The molecule has 2 atom stereocenters. The Morgan fingerprint density at radius 1 is 1.29 bits per heavy atom. The van der Waals surface area contributed by atoms with E-state index in [4.69, 9.17) is 0 Å². The van der Waals surface area contributed by atoms with E-state index in [1.807, 2.05) is 30.3 Å². The number of aliphatic imine (C=N–C) groups is 1. The third kappa shape index (κ3) is 2.25. The minimum atomic E-state index is -0.381. The van der Waals surface area contributed by atoms with E-state index in [1.54, 1.807) is 6.92 Å². The Kier molecular flexibility index (Phi) is 3.04. The van der Waals surface area contributed by atoms with Crippen LogP contribution in [0.4, 0.5) is 4.79 Å². The predicted molar refractivity (Wildman–Crippen MR) is 65.0 cm³/mol. The summed E-state index contributed by atoms with van der Waals surface area (Å²) in [5.74, 6) is -0.352. The second kappa shape index (κ2) is 4.49. The maximum absolute atomic E-state index is 11.7. The van der Waals surface area contributed by atoms with E-state index in [-0.39, 0.29) is 23.8 Å². The van der Waals surface area contributed by atoms with Crippen LogP contribution in [0.2, 0.25) is 0 Å². The molecule has 0 saturated heterocycles. The summed E-state index contributed by atoms with van der Waals surface area (Å²) in [5.41, 5.74) is 1.51. The molecule has 88 valence electrons. The lowest BCUT2D eigenvalue weighted by molar-refractivity contribution is -0.119. The Labute approximate surface area is 99.7 Å². The number of carbonyl (C=O) groups excluding carboxylic acids is 2. The largest absolute Gasteiger partial charge is 0.341 e. The molecule has 1 aliphatic rings. The van der Waals surface area contributed by atoms with E-state index in [0.717, 1.165) is 5.56 Å². The van der Waals surface area contributed by atoms with Gasteiger partial charge in [-0.25, -0.2) is 9.79 Å². The lowest BCUT2D eigenvalue weighted by Crippen LogP contribution is -2.42. The van der Waals surface area contributed by atoms with E-state index in [1.165, 1.54) is 6.92 Å². The van der Waals surface area contributed by atoms with E-state index in [2.05, 4.69) is 10.3 Å². The second-order valence-corrected chi connectivity index (χ2v) is 4.18. The molecule has 0 aromatic heterocycles. The number of hydrogen-bond donors (Lipinski definition) is 1. The number of nitrogens with zero attached hydrogens (tertiary/aromatic N) is 1. The van der Waals surface area contributed by atoms with Gasteiger partial charge < -0.3 is 5.32 Å². The number of ketones is 1. The molecule has 1 aromatic carbocycles. The summed E-state index contributed by atoms with van der Waals surface area (Å²) in [5, 5.41) is 2.75. The summed E-state index contributed by atoms with van der Waals surface area (Å²) in [6.07, 6.45) is 0. The van der Waals surface area contributed by atoms with Crippen LogP contribution >= 0.6 is 0 Å². The van der Waals surface area contributed by atoms with Gasteiger partial charge >= 0.3 is 6.03 Å². The SMILES string of the molecule is CC(=O)C1C(C)=NC(=O)NC1c1ccccc1. The second-order valence-electron chi connectivity index (χ2n) is 4.18. The molecular formula is C13H14N2O2. The first-order valence-electron chi connectivity index (χ1n) is 5.50. The smallest absolute Gasteiger partial charge is 0.328 e. The molecular weight excluding hydrogens is 216 g/mol. The van der Waals surface area contributed by atoms with Gasteiger partial charge in [-0.2, -0.15) is 0 Å². The van der Waals surface area contributed by atoms with E-state index in [9.17, 15) is 9.59 Å². The number of urea groups is 1. The molecule has 0 saturated carbocycles. The molecule has 17 heavy (non-hydrogen) atoms. The Bertz CT molecular complexity index is 479. The number of benzene rings is 1. The zero-order valence-electron chi connectivity index (χ0n) is 9.81. The van der Waals surface area contributed by atoms with E-state index in [0.29, 0.717) is 5.71 Å². The van der Waals surface area contributed by atoms with E-state index >= 15 is 0 Å². The molecule has 1 aliphatic heterocycles. The van der Waals surface area contributed by atoms with Gasteiger partial charge in [0.15, 0.2) is 0 Å². The number of hydrogen-bond acceptors (Lipinski definition) is 2. The molecule has 4 heteroatoms. The highest BCUT2D eigenvalue weighted by Gasteiger charge is 2.34. The fourth-order valence-electron chi connectivity index (χ4n) is 2.18. The molecule has 2 rings (SSSR count). The molecule has 0 aliphatic carbocycles. The summed E-state index contributed by atoms with van der Waals surface area (Å²) < 4.78 is 0. The maximum Gasteiger partial charge on any atom is 0.341 e. The topological polar surface area (TPSA) is 58.5 Å². The number of rotatable bonds is 2. The summed E-state index contributed by atoms with van der Waals surface area (Å²) >= 11 is 0. The monoisotopic (exact) mass is 230 g/mol. The Balaban J connectivity index is 2.42. The Hall–Kier alpha value is -1.97. The van der Waals surface area contributed by atoms with Gasteiger partial charge in [0.1, 0.15) is 5.78 Å². The van der Waals surface area contributed by atoms with Crippen LogP contribution in [-0.4, -0.2) is 17.5 Å². The van der Waals surface area contributed by atoms with Gasteiger partial charge in [-0.15, -0.1) is 0 Å². The number of nitrogens with one attached hydrogen (secondary N) is 1. The average Bonchev–Trinajstić information content (AvgIpc) is 2.28. The first-order chi connectivity index (χ1) is 8.09. The minimum Gasteiger partial charge on any atom is -0.328 e. The van der Waals surface area contributed by atoms with Crippen LogP contribution in [0.3, 0.4) is 0 Å². The lowest BCUT2D eigenvalue weighted by Gasteiger charge is -2.29. The highest BCUT2D eigenvalue weighted by molar-refractivity contribution is 6.09. The normalized spacial score (nSPS) is 23.9. The van der Waals surface area contributed by atoms with Crippen molar-refractivity contribution in [3.05, 3.63) is 35.9 Å². The third-order valence-electron chi connectivity index (χ3n) is 2.94. The summed E-state index contributed by atoms with van der Waals surface area (Å²) in [7, 11) is 0. The van der Waals surface area contributed by atoms with Crippen LogP contribution in [0.25, 0.3) is 0 Å². The van der Waals surface area contributed by atoms with Crippen LogP contribution in [-0.2, 0) is 4.79 Å². The van der Waals surface area contributed by atoms with Crippen molar-refractivity contribution in [3.8, 4) is 0 Å². The van der Waals surface area contributed by atoms with Gasteiger partial charge in [0.25, 0.3) is 0 Å². The van der Waals surface area contributed by atoms with Crippen molar-refractivity contribution in [1.29, 1.82) is 0 Å². The van der Waals surface area contributed by atoms with Crippen LogP contribution in [0, 0.1) is 5.92 Å². The quantitative estimate of drug-likeness (QED) is 0.846. The van der Waals surface area contributed by atoms with Gasteiger partial charge in [-0.1, -0.05) is 30.3 Å². The lowest BCUT2D eigenvalue weighted by atomic mass is 9.86. The van der Waals surface area contributed by atoms with Crippen molar-refractivity contribution in [3.63, 3.8) is 0 Å². The van der Waals surface area contributed by atoms with Crippen LogP contribution in [0.15, 0.2) is 35.3 Å². The fourth-order valence-corrected chi connectivity index (χ4v) is 2.18. The maximum atomic E-state index is 11.7. The molecule has 1 aromatic rings. The molecule has 1 N–H and O–H groups in total. The summed E-state index contributed by atoms with van der Waals surface area (Å²) in [6.45, 7) is 3.25. The molecule has 2 amide bonds. The predicted octanol–water partition coefficient (Wildman–Crippen LogP) is 2.12. The summed E-state index contributed by atoms with van der Waals surface area (Å²) in [4.78, 5) is 26.9. The highest BCUT2D eigenvalue weighted by atomic mass is 16.2. The average molecular weight is 230 g/mol. The summed E-state index contributed by atoms with van der Waals surface area (Å²) in [6, 6.07) is 8.80. The Morgan fingerprint density at radius 3 is 2.53 bits per heavy atom. The van der Waals surface area contributed by atoms with Crippen LogP contribution < -0.4 is 5.32 Å². The fraction of sp³-hybridized carbons (Fsp3) is 0.308.